The van der Waals surface area contributed by atoms with Gasteiger partial charge in [0.1, 0.15) is 0 Å². The van der Waals surface area contributed by atoms with Gasteiger partial charge in [-0.05, 0) is 24.6 Å². The number of benzene rings is 1. The number of anilines is 1. The second-order valence-corrected chi connectivity index (χ2v) is 3.02. The average Bonchev–Trinajstić information content (AvgIpc) is 2.31. The summed E-state index contributed by atoms with van der Waals surface area (Å²) in [6, 6.07) is 10.3. The fourth-order valence-corrected chi connectivity index (χ4v) is 0.966. The van der Waals surface area contributed by atoms with Crippen molar-refractivity contribution in [1.82, 2.24) is 0 Å². The van der Waals surface area contributed by atoms with E-state index in [0.29, 0.717) is 0 Å². The van der Waals surface area contributed by atoms with Crippen LogP contribution in [0.1, 0.15) is 19.8 Å². The highest BCUT2D eigenvalue weighted by Gasteiger charge is 1.86. The topological polar surface area (TPSA) is 12.0 Å². The fraction of sp³-hybridized carbons (Fsp3) is 0.286. The van der Waals surface area contributed by atoms with Crippen molar-refractivity contribution in [1.29, 1.82) is 0 Å². The van der Waals surface area contributed by atoms with Crippen molar-refractivity contribution in [3.05, 3.63) is 43.0 Å². The molecule has 0 aromatic heterocycles. The number of unbranched alkanes of at least 4 members (excludes halogenated alkanes) is 1. The Morgan fingerprint density at radius 2 is 2.00 bits per heavy atom. The number of para-hydroxylation sites is 1. The monoisotopic (exact) mass is 201 g/mol. The second-order valence-electron chi connectivity index (χ2n) is 3.02. The molecule has 80 valence electrons. The molecule has 0 aliphatic rings. The smallest absolute Gasteiger partial charge is 0.0340 e. The standard InChI is InChI=1S/C10H15N.C4H4/c1-2-3-9-11-10-7-5-4-6-8-10;1-3-4-2/h4-8,11H,2-3,9H2,1H3;1,4H,2H2. The van der Waals surface area contributed by atoms with Crippen molar-refractivity contribution in [2.24, 2.45) is 0 Å². The number of nitrogens with one attached hydrogen (secondary N) is 1. The van der Waals surface area contributed by atoms with Crippen molar-refractivity contribution >= 4 is 5.69 Å². The van der Waals surface area contributed by atoms with Gasteiger partial charge in [-0.1, -0.05) is 44.0 Å². The summed E-state index contributed by atoms with van der Waals surface area (Å²) in [6.07, 6.45) is 8.56. The molecule has 1 nitrogen and oxygen atoms in total. The zero-order valence-corrected chi connectivity index (χ0v) is 9.37. The molecule has 0 aliphatic heterocycles. The van der Waals surface area contributed by atoms with Gasteiger partial charge >= 0.3 is 0 Å². The Balaban J connectivity index is 0.000000423. The van der Waals surface area contributed by atoms with E-state index in [9.17, 15) is 0 Å². The largest absolute Gasteiger partial charge is 0.385 e. The molecule has 0 radical (unpaired) electrons. The number of terminal acetylenes is 1. The summed E-state index contributed by atoms with van der Waals surface area (Å²) in [5, 5.41) is 3.35. The molecule has 0 amide bonds. The SMILES string of the molecule is C#CC=C.CCCCNc1ccccc1. The summed E-state index contributed by atoms with van der Waals surface area (Å²) in [5.41, 5.74) is 1.22. The fourth-order valence-electron chi connectivity index (χ4n) is 0.966. The van der Waals surface area contributed by atoms with Gasteiger partial charge in [-0.15, -0.1) is 6.42 Å². The van der Waals surface area contributed by atoms with Gasteiger partial charge in [0.15, 0.2) is 0 Å². The maximum Gasteiger partial charge on any atom is 0.0340 e. The van der Waals surface area contributed by atoms with Crippen LogP contribution in [0.15, 0.2) is 43.0 Å². The minimum atomic E-state index is 1.08. The molecule has 1 aromatic carbocycles. The summed E-state index contributed by atoms with van der Waals surface area (Å²) >= 11 is 0. The van der Waals surface area contributed by atoms with Crippen molar-refractivity contribution in [2.45, 2.75) is 19.8 Å². The normalized spacial score (nSPS) is 8.00. The van der Waals surface area contributed by atoms with E-state index in [1.807, 2.05) is 18.2 Å². The molecule has 0 unspecified atom stereocenters. The van der Waals surface area contributed by atoms with Crippen LogP contribution >= 0.6 is 0 Å². The van der Waals surface area contributed by atoms with Gasteiger partial charge in [-0.3, -0.25) is 0 Å². The van der Waals surface area contributed by atoms with E-state index in [4.69, 9.17) is 0 Å². The van der Waals surface area contributed by atoms with Gasteiger partial charge in [-0.2, -0.15) is 0 Å². The van der Waals surface area contributed by atoms with E-state index in [-0.39, 0.29) is 0 Å². The molecule has 1 rings (SSSR count). The van der Waals surface area contributed by atoms with Crippen LogP contribution in [0.4, 0.5) is 5.69 Å². The molecule has 0 saturated heterocycles. The molecule has 1 heteroatoms. The number of hydrogen-bond donors (Lipinski definition) is 1. The Morgan fingerprint density at radius 3 is 2.47 bits per heavy atom. The second kappa shape index (κ2) is 10.4. The summed E-state index contributed by atoms with van der Waals surface area (Å²) in [5.74, 6) is 2.19. The van der Waals surface area contributed by atoms with E-state index in [2.05, 4.69) is 43.3 Å². The molecular formula is C14H19N. The molecular weight excluding hydrogens is 182 g/mol. The Labute approximate surface area is 93.2 Å². The van der Waals surface area contributed by atoms with Crippen molar-refractivity contribution in [2.75, 3.05) is 11.9 Å². The molecule has 1 aromatic rings. The first-order valence-electron chi connectivity index (χ1n) is 5.21. The van der Waals surface area contributed by atoms with Crippen LogP contribution < -0.4 is 5.32 Å². The molecule has 0 spiro atoms. The van der Waals surface area contributed by atoms with Crippen LogP contribution in [-0.4, -0.2) is 6.54 Å². The maximum absolute atomic E-state index is 4.66. The average molecular weight is 201 g/mol. The maximum atomic E-state index is 4.66. The lowest BCUT2D eigenvalue weighted by Crippen LogP contribution is -1.99. The van der Waals surface area contributed by atoms with E-state index in [0.717, 1.165) is 6.54 Å². The lowest BCUT2D eigenvalue weighted by molar-refractivity contribution is 0.834. The molecule has 0 atom stereocenters. The minimum Gasteiger partial charge on any atom is -0.385 e. The molecule has 0 heterocycles. The van der Waals surface area contributed by atoms with E-state index in [1.54, 1.807) is 0 Å². The summed E-state index contributed by atoms with van der Waals surface area (Å²) in [7, 11) is 0. The highest BCUT2D eigenvalue weighted by Crippen LogP contribution is 2.04. The lowest BCUT2D eigenvalue weighted by atomic mass is 10.3. The van der Waals surface area contributed by atoms with E-state index in [1.165, 1.54) is 24.6 Å². The van der Waals surface area contributed by atoms with Crippen molar-refractivity contribution < 1.29 is 0 Å². The predicted molar refractivity (Wildman–Crippen MR) is 68.9 cm³/mol. The van der Waals surface area contributed by atoms with Crippen LogP contribution in [0, 0.1) is 12.3 Å². The van der Waals surface area contributed by atoms with Gasteiger partial charge in [0.05, 0.1) is 0 Å². The Bertz CT molecular complexity index is 282. The molecule has 0 fully saturated rings. The van der Waals surface area contributed by atoms with Gasteiger partial charge < -0.3 is 5.32 Å². The van der Waals surface area contributed by atoms with Crippen LogP contribution in [0.5, 0.6) is 0 Å². The third kappa shape index (κ3) is 8.64. The third-order valence-corrected chi connectivity index (χ3v) is 1.75. The van der Waals surface area contributed by atoms with Crippen LogP contribution in [0.3, 0.4) is 0 Å². The van der Waals surface area contributed by atoms with Crippen LogP contribution in [0.25, 0.3) is 0 Å². The molecule has 15 heavy (non-hydrogen) atoms. The summed E-state index contributed by atoms with van der Waals surface area (Å²) in [6.45, 7) is 6.53. The van der Waals surface area contributed by atoms with Gasteiger partial charge in [-0.25, -0.2) is 0 Å². The zero-order valence-electron chi connectivity index (χ0n) is 9.37. The third-order valence-electron chi connectivity index (χ3n) is 1.75. The quantitative estimate of drug-likeness (QED) is 0.578. The first kappa shape index (κ1) is 13.3. The van der Waals surface area contributed by atoms with Gasteiger partial charge in [0.25, 0.3) is 0 Å². The Morgan fingerprint density at radius 1 is 1.40 bits per heavy atom. The number of hydrogen-bond acceptors (Lipinski definition) is 1. The van der Waals surface area contributed by atoms with E-state index < -0.39 is 0 Å². The Hall–Kier alpha value is -1.68. The number of allylic oxidation sites excluding steroid dienone is 1. The first-order chi connectivity index (χ1) is 7.35. The molecule has 1 N–H and O–H groups in total. The predicted octanol–water partition coefficient (Wildman–Crippen LogP) is 3.70. The molecule has 0 bridgehead atoms. The van der Waals surface area contributed by atoms with E-state index >= 15 is 0 Å². The summed E-state index contributed by atoms with van der Waals surface area (Å²) in [4.78, 5) is 0. The number of rotatable bonds is 4. The zero-order chi connectivity index (χ0) is 11.4. The van der Waals surface area contributed by atoms with Crippen LogP contribution in [0.2, 0.25) is 0 Å². The first-order valence-corrected chi connectivity index (χ1v) is 5.21. The van der Waals surface area contributed by atoms with Crippen molar-refractivity contribution in [3.8, 4) is 12.3 Å². The van der Waals surface area contributed by atoms with Gasteiger partial charge in [0.2, 0.25) is 0 Å². The highest BCUT2D eigenvalue weighted by molar-refractivity contribution is 5.42. The van der Waals surface area contributed by atoms with Gasteiger partial charge in [0, 0.05) is 12.2 Å². The molecule has 0 saturated carbocycles. The molecule has 0 aliphatic carbocycles. The minimum absolute atomic E-state index is 1.08. The summed E-state index contributed by atoms with van der Waals surface area (Å²) < 4.78 is 0. The Kier molecular flexibility index (Phi) is 9.24. The lowest BCUT2D eigenvalue weighted by Gasteiger charge is -2.03. The highest BCUT2D eigenvalue weighted by atomic mass is 14.9. The van der Waals surface area contributed by atoms with Crippen molar-refractivity contribution in [3.63, 3.8) is 0 Å². The van der Waals surface area contributed by atoms with Crippen LogP contribution in [-0.2, 0) is 0 Å².